The maximum absolute atomic E-state index is 11.9. The highest BCUT2D eigenvalue weighted by atomic mass is 32.1. The molecule has 1 aliphatic rings. The molecule has 0 aliphatic carbocycles. The molecule has 1 heterocycles. The minimum Gasteiger partial charge on any atom is -0.378 e. The highest BCUT2D eigenvalue weighted by Crippen LogP contribution is 2.31. The normalized spacial score (nSPS) is 14.8. The van der Waals surface area contributed by atoms with Crippen molar-refractivity contribution in [2.45, 2.75) is 20.8 Å². The molecule has 0 saturated carbocycles. The summed E-state index contributed by atoms with van der Waals surface area (Å²) in [4.78, 5) is 24.9. The van der Waals surface area contributed by atoms with E-state index in [1.807, 2.05) is 4.90 Å². The average molecular weight is 366 g/mol. The van der Waals surface area contributed by atoms with Crippen molar-refractivity contribution < 1.29 is 14.5 Å². The average Bonchev–Trinajstić information content (AvgIpc) is 2.54. The van der Waals surface area contributed by atoms with Gasteiger partial charge in [0.15, 0.2) is 5.11 Å². The molecule has 1 saturated heterocycles. The molecule has 0 radical (unpaired) electrons. The zero-order valence-electron chi connectivity index (χ0n) is 14.5. The van der Waals surface area contributed by atoms with Gasteiger partial charge in [0.25, 0.3) is 5.69 Å². The van der Waals surface area contributed by atoms with Crippen molar-refractivity contribution >= 4 is 40.3 Å². The second-order valence-corrected chi connectivity index (χ2v) is 7.13. The van der Waals surface area contributed by atoms with Crippen LogP contribution in [-0.4, -0.2) is 42.2 Å². The van der Waals surface area contributed by atoms with Crippen LogP contribution in [0.15, 0.2) is 18.2 Å². The number of thiocarbonyl (C=S) groups is 1. The highest BCUT2D eigenvalue weighted by Gasteiger charge is 2.24. The van der Waals surface area contributed by atoms with Gasteiger partial charge in [-0.3, -0.25) is 14.9 Å². The summed E-state index contributed by atoms with van der Waals surface area (Å²) in [5.41, 5.74) is 0.390. The Morgan fingerprint density at radius 3 is 2.52 bits per heavy atom. The third-order valence-corrected chi connectivity index (χ3v) is 3.89. The van der Waals surface area contributed by atoms with E-state index in [2.05, 4.69) is 10.6 Å². The predicted octanol–water partition coefficient (Wildman–Crippen LogP) is 2.29. The minimum absolute atomic E-state index is 0.0168. The van der Waals surface area contributed by atoms with Gasteiger partial charge >= 0.3 is 0 Å². The summed E-state index contributed by atoms with van der Waals surface area (Å²) >= 11 is 5.11. The van der Waals surface area contributed by atoms with Crippen molar-refractivity contribution in [3.63, 3.8) is 0 Å². The lowest BCUT2D eigenvalue weighted by Crippen LogP contribution is -2.41. The second kappa shape index (κ2) is 7.75. The van der Waals surface area contributed by atoms with E-state index in [0.29, 0.717) is 37.7 Å². The number of nitro groups is 1. The Labute approximate surface area is 151 Å². The molecule has 0 aromatic heterocycles. The van der Waals surface area contributed by atoms with E-state index in [1.54, 1.807) is 32.9 Å². The molecule has 2 rings (SSSR count). The molecular formula is C16H22N4O4S. The smallest absolute Gasteiger partial charge is 0.294 e. The molecule has 0 bridgehead atoms. The fourth-order valence-electron chi connectivity index (χ4n) is 2.27. The molecule has 1 aromatic rings. The summed E-state index contributed by atoms with van der Waals surface area (Å²) in [6.45, 7) is 7.61. The van der Waals surface area contributed by atoms with Gasteiger partial charge in [-0.1, -0.05) is 20.8 Å². The number of morpholine rings is 1. The molecule has 1 aromatic carbocycles. The third kappa shape index (κ3) is 5.10. The Bertz CT molecular complexity index is 681. The van der Waals surface area contributed by atoms with Gasteiger partial charge in [-0.05, 0) is 24.4 Å². The van der Waals surface area contributed by atoms with Crippen molar-refractivity contribution in [3.05, 3.63) is 28.3 Å². The first-order valence-corrected chi connectivity index (χ1v) is 8.33. The first-order valence-electron chi connectivity index (χ1n) is 7.92. The molecule has 2 N–H and O–H groups in total. The zero-order chi connectivity index (χ0) is 18.6. The lowest BCUT2D eigenvalue weighted by Gasteiger charge is -2.28. The number of nitro benzene ring substituents is 1. The first kappa shape index (κ1) is 19.1. The molecule has 0 unspecified atom stereocenters. The van der Waals surface area contributed by atoms with E-state index in [1.165, 1.54) is 6.07 Å². The van der Waals surface area contributed by atoms with Gasteiger partial charge in [0.2, 0.25) is 5.91 Å². The number of benzene rings is 1. The monoisotopic (exact) mass is 366 g/mol. The third-order valence-electron chi connectivity index (χ3n) is 3.69. The number of nitrogens with zero attached hydrogens (tertiary/aromatic N) is 2. The van der Waals surface area contributed by atoms with E-state index in [-0.39, 0.29) is 16.7 Å². The Kier molecular flexibility index (Phi) is 5.91. The van der Waals surface area contributed by atoms with Gasteiger partial charge in [0.05, 0.1) is 18.1 Å². The van der Waals surface area contributed by atoms with Crippen molar-refractivity contribution in [1.82, 2.24) is 5.32 Å². The van der Waals surface area contributed by atoms with Crippen molar-refractivity contribution in [2.24, 2.45) is 5.41 Å². The molecular weight excluding hydrogens is 344 g/mol. The summed E-state index contributed by atoms with van der Waals surface area (Å²) in [5, 5.41) is 16.9. The van der Waals surface area contributed by atoms with Gasteiger partial charge < -0.3 is 20.3 Å². The van der Waals surface area contributed by atoms with Gasteiger partial charge in [-0.15, -0.1) is 0 Å². The number of carbonyl (C=O) groups excluding carboxylic acids is 1. The molecule has 1 amide bonds. The van der Waals surface area contributed by atoms with Crippen molar-refractivity contribution in [1.29, 1.82) is 0 Å². The van der Waals surface area contributed by atoms with Crippen LogP contribution in [0.4, 0.5) is 17.1 Å². The Hall–Kier alpha value is -2.26. The fourth-order valence-corrected chi connectivity index (χ4v) is 2.48. The molecule has 9 heteroatoms. The fraction of sp³-hybridized carbons (Fsp3) is 0.500. The van der Waals surface area contributed by atoms with E-state index in [4.69, 9.17) is 17.0 Å². The van der Waals surface area contributed by atoms with Crippen LogP contribution in [0, 0.1) is 15.5 Å². The Morgan fingerprint density at radius 2 is 1.96 bits per heavy atom. The lowest BCUT2D eigenvalue weighted by atomic mass is 9.96. The quantitative estimate of drug-likeness (QED) is 0.481. The van der Waals surface area contributed by atoms with Crippen molar-refractivity contribution in [2.75, 3.05) is 36.5 Å². The van der Waals surface area contributed by atoms with Gasteiger partial charge in [-0.25, -0.2) is 0 Å². The van der Waals surface area contributed by atoms with Crippen LogP contribution in [0.25, 0.3) is 0 Å². The number of amides is 1. The number of rotatable bonds is 3. The lowest BCUT2D eigenvalue weighted by molar-refractivity contribution is -0.384. The maximum Gasteiger partial charge on any atom is 0.294 e. The first-order chi connectivity index (χ1) is 11.7. The van der Waals surface area contributed by atoms with Gasteiger partial charge in [0.1, 0.15) is 5.69 Å². The van der Waals surface area contributed by atoms with Crippen LogP contribution in [0.3, 0.4) is 0 Å². The van der Waals surface area contributed by atoms with Crippen LogP contribution in [0.1, 0.15) is 20.8 Å². The summed E-state index contributed by atoms with van der Waals surface area (Å²) in [6, 6.07) is 4.80. The predicted molar refractivity (Wildman–Crippen MR) is 99.9 cm³/mol. The van der Waals surface area contributed by atoms with E-state index >= 15 is 0 Å². The molecule has 0 atom stereocenters. The zero-order valence-corrected chi connectivity index (χ0v) is 15.3. The van der Waals surface area contributed by atoms with Crippen LogP contribution in [0.2, 0.25) is 0 Å². The molecule has 136 valence electrons. The summed E-state index contributed by atoms with van der Waals surface area (Å²) in [5.74, 6) is -0.232. The van der Waals surface area contributed by atoms with Gasteiger partial charge in [-0.2, -0.15) is 0 Å². The number of hydrogen-bond acceptors (Lipinski definition) is 6. The SMILES string of the molecule is CC(C)(C)C(=O)NC(=S)Nc1ccc(N2CCOCC2)c([N+](=O)[O-])c1. The Balaban J connectivity index is 2.14. The van der Waals surface area contributed by atoms with Crippen LogP contribution >= 0.6 is 12.2 Å². The molecule has 1 aliphatic heterocycles. The summed E-state index contributed by atoms with van der Waals surface area (Å²) in [6.07, 6.45) is 0. The van der Waals surface area contributed by atoms with Crippen LogP contribution in [0.5, 0.6) is 0 Å². The summed E-state index contributed by atoms with van der Waals surface area (Å²) in [7, 11) is 0. The minimum atomic E-state index is -0.585. The standard InChI is InChI=1S/C16H22N4O4S/c1-16(2,3)14(21)18-15(25)17-11-4-5-12(13(10-11)20(22)23)19-6-8-24-9-7-19/h4-5,10H,6-9H2,1-3H3,(H2,17,18,21,25). The highest BCUT2D eigenvalue weighted by molar-refractivity contribution is 7.80. The molecule has 8 nitrogen and oxygen atoms in total. The molecule has 1 fully saturated rings. The van der Waals surface area contributed by atoms with Gasteiger partial charge in [0, 0.05) is 30.3 Å². The number of nitrogens with one attached hydrogen (secondary N) is 2. The number of anilines is 2. The number of ether oxygens (including phenoxy) is 1. The number of carbonyl (C=O) groups is 1. The van der Waals surface area contributed by atoms with Crippen molar-refractivity contribution in [3.8, 4) is 0 Å². The topological polar surface area (TPSA) is 96.7 Å². The van der Waals surface area contributed by atoms with E-state index < -0.39 is 10.3 Å². The largest absolute Gasteiger partial charge is 0.378 e. The molecule has 0 spiro atoms. The molecule has 25 heavy (non-hydrogen) atoms. The Morgan fingerprint density at radius 1 is 1.32 bits per heavy atom. The number of hydrogen-bond donors (Lipinski definition) is 2. The van der Waals surface area contributed by atoms with E-state index in [0.717, 1.165) is 0 Å². The maximum atomic E-state index is 11.9. The van der Waals surface area contributed by atoms with Crippen LogP contribution < -0.4 is 15.5 Å². The van der Waals surface area contributed by atoms with E-state index in [9.17, 15) is 14.9 Å². The second-order valence-electron chi connectivity index (χ2n) is 6.72. The van der Waals surface area contributed by atoms with Crippen LogP contribution in [-0.2, 0) is 9.53 Å². The summed E-state index contributed by atoms with van der Waals surface area (Å²) < 4.78 is 5.28.